The summed E-state index contributed by atoms with van der Waals surface area (Å²) in [6, 6.07) is 8.96. The Hall–Kier alpha value is -1.55. The minimum Gasteiger partial charge on any atom is -0.457 e. The highest BCUT2D eigenvalue weighted by atomic mass is 35.5. The highest BCUT2D eigenvalue weighted by Crippen LogP contribution is 2.34. The molecular formula is C19H21Cl2NO2. The Morgan fingerprint density at radius 2 is 1.96 bits per heavy atom. The van der Waals surface area contributed by atoms with Crippen molar-refractivity contribution >= 4 is 29.3 Å². The number of methoxy groups -OCH3 is 1. The van der Waals surface area contributed by atoms with Crippen LogP contribution in [0.1, 0.15) is 26.3 Å². The summed E-state index contributed by atoms with van der Waals surface area (Å²) >= 11 is 12.2. The summed E-state index contributed by atoms with van der Waals surface area (Å²) in [5, 5.41) is 1.01. The third-order valence-corrected chi connectivity index (χ3v) is 3.93. The minimum absolute atomic E-state index is 0.165. The Morgan fingerprint density at radius 3 is 2.50 bits per heavy atom. The molecular weight excluding hydrogens is 345 g/mol. The van der Waals surface area contributed by atoms with Crippen molar-refractivity contribution < 1.29 is 9.47 Å². The van der Waals surface area contributed by atoms with Gasteiger partial charge in [0.2, 0.25) is 0 Å². The number of rotatable bonds is 5. The first-order valence-corrected chi connectivity index (χ1v) is 8.34. The van der Waals surface area contributed by atoms with E-state index in [9.17, 15) is 0 Å². The first-order valence-electron chi connectivity index (χ1n) is 7.58. The zero-order chi connectivity index (χ0) is 17.7. The highest BCUT2D eigenvalue weighted by molar-refractivity contribution is 6.35. The number of pyridine rings is 1. The molecule has 2 rings (SSSR count). The predicted molar refractivity (Wildman–Crippen MR) is 99.6 cm³/mol. The molecule has 1 heterocycles. The molecule has 0 aliphatic carbocycles. The molecule has 128 valence electrons. The van der Waals surface area contributed by atoms with E-state index in [1.165, 1.54) is 0 Å². The summed E-state index contributed by atoms with van der Waals surface area (Å²) in [6.07, 6.45) is 5.15. The van der Waals surface area contributed by atoms with E-state index in [0.29, 0.717) is 21.6 Å². The lowest BCUT2D eigenvalue weighted by molar-refractivity contribution is 0.0208. The van der Waals surface area contributed by atoms with Crippen LogP contribution in [-0.4, -0.2) is 18.2 Å². The Balaban J connectivity index is 2.44. The summed E-state index contributed by atoms with van der Waals surface area (Å²) in [4.78, 5) is 4.14. The number of hydrogen-bond acceptors (Lipinski definition) is 3. The third-order valence-electron chi connectivity index (χ3n) is 3.40. The third kappa shape index (κ3) is 4.97. The number of halogens is 2. The average molecular weight is 366 g/mol. The van der Waals surface area contributed by atoms with Crippen molar-refractivity contribution in [1.82, 2.24) is 4.98 Å². The van der Waals surface area contributed by atoms with E-state index in [1.54, 1.807) is 37.7 Å². The van der Waals surface area contributed by atoms with Gasteiger partial charge in [0, 0.05) is 24.5 Å². The van der Waals surface area contributed by atoms with E-state index in [1.807, 2.05) is 18.2 Å². The van der Waals surface area contributed by atoms with Gasteiger partial charge in [0.05, 0.1) is 5.02 Å². The lowest BCUT2D eigenvalue weighted by Gasteiger charge is -2.31. The van der Waals surface area contributed by atoms with Crippen LogP contribution in [0.3, 0.4) is 0 Å². The molecule has 2 aromatic rings. The van der Waals surface area contributed by atoms with Crippen molar-refractivity contribution in [1.29, 1.82) is 0 Å². The van der Waals surface area contributed by atoms with Crippen LogP contribution in [-0.2, 0) is 4.74 Å². The fourth-order valence-electron chi connectivity index (χ4n) is 2.37. The summed E-state index contributed by atoms with van der Waals surface area (Å²) in [5.41, 5.74) is 0.755. The molecule has 0 saturated carbocycles. The van der Waals surface area contributed by atoms with Gasteiger partial charge in [0.15, 0.2) is 0 Å². The van der Waals surface area contributed by atoms with Gasteiger partial charge in [-0.3, -0.25) is 4.98 Å². The topological polar surface area (TPSA) is 31.4 Å². The van der Waals surface area contributed by atoms with Crippen LogP contribution in [0.25, 0.3) is 6.08 Å². The molecule has 1 aromatic carbocycles. The van der Waals surface area contributed by atoms with Crippen LogP contribution < -0.4 is 4.74 Å². The maximum absolute atomic E-state index is 6.25. The number of hydrogen-bond donors (Lipinski definition) is 0. The summed E-state index contributed by atoms with van der Waals surface area (Å²) in [5.74, 6) is 1.18. The lowest BCUT2D eigenvalue weighted by Crippen LogP contribution is -2.32. The van der Waals surface area contributed by atoms with E-state index < -0.39 is 0 Å². The van der Waals surface area contributed by atoms with Crippen LogP contribution in [0, 0.1) is 5.41 Å². The minimum atomic E-state index is -0.260. The molecule has 5 heteroatoms. The molecule has 0 bridgehead atoms. The van der Waals surface area contributed by atoms with Crippen molar-refractivity contribution in [2.24, 2.45) is 5.41 Å². The zero-order valence-electron chi connectivity index (χ0n) is 14.2. The van der Waals surface area contributed by atoms with Crippen molar-refractivity contribution in [2.75, 3.05) is 7.11 Å². The van der Waals surface area contributed by atoms with Gasteiger partial charge in [-0.1, -0.05) is 50.0 Å². The van der Waals surface area contributed by atoms with E-state index >= 15 is 0 Å². The molecule has 1 unspecified atom stereocenters. The van der Waals surface area contributed by atoms with E-state index in [0.717, 1.165) is 5.56 Å². The summed E-state index contributed by atoms with van der Waals surface area (Å²) < 4.78 is 11.8. The molecule has 3 nitrogen and oxygen atoms in total. The quantitative estimate of drug-likeness (QED) is 0.620. The molecule has 0 saturated heterocycles. The van der Waals surface area contributed by atoms with Gasteiger partial charge < -0.3 is 9.47 Å². The van der Waals surface area contributed by atoms with E-state index in [2.05, 4.69) is 25.8 Å². The zero-order valence-corrected chi connectivity index (χ0v) is 15.7. The first kappa shape index (κ1) is 18.8. The molecule has 0 aliphatic heterocycles. The Bertz CT molecular complexity index is 709. The molecule has 0 aliphatic rings. The van der Waals surface area contributed by atoms with Gasteiger partial charge in [-0.2, -0.15) is 0 Å². The second-order valence-electron chi connectivity index (χ2n) is 6.49. The van der Waals surface area contributed by atoms with Crippen LogP contribution in [0.15, 0.2) is 48.5 Å². The molecule has 0 spiro atoms. The van der Waals surface area contributed by atoms with E-state index in [4.69, 9.17) is 32.7 Å². The lowest BCUT2D eigenvalue weighted by atomic mass is 9.87. The number of ether oxygens (including phenoxy) is 2. The second kappa shape index (κ2) is 8.02. The largest absolute Gasteiger partial charge is 0.457 e. The first-order chi connectivity index (χ1) is 11.3. The molecule has 0 fully saturated rings. The predicted octanol–water partition coefficient (Wildman–Crippen LogP) is 5.87. The Labute approximate surface area is 153 Å². The van der Waals surface area contributed by atoms with Crippen LogP contribution >= 0.6 is 23.2 Å². The van der Waals surface area contributed by atoms with Crippen LogP contribution in [0.4, 0.5) is 0 Å². The number of nitrogens with zero attached hydrogens (tertiary/aromatic N) is 1. The summed E-state index contributed by atoms with van der Waals surface area (Å²) in [6.45, 7) is 6.27. The SMILES string of the molecule is COC(C(=Cc1cccnc1)Oc1ccc(Cl)cc1Cl)C(C)(C)C. The van der Waals surface area contributed by atoms with Gasteiger partial charge >= 0.3 is 0 Å². The average Bonchev–Trinajstić information content (AvgIpc) is 2.50. The molecule has 24 heavy (non-hydrogen) atoms. The Kier molecular flexibility index (Phi) is 6.27. The van der Waals surface area contributed by atoms with Gasteiger partial charge in [-0.15, -0.1) is 0 Å². The molecule has 0 radical (unpaired) electrons. The molecule has 1 atom stereocenters. The van der Waals surface area contributed by atoms with E-state index in [-0.39, 0.29) is 11.5 Å². The van der Waals surface area contributed by atoms with Crippen LogP contribution in [0.2, 0.25) is 10.0 Å². The summed E-state index contributed by atoms with van der Waals surface area (Å²) in [7, 11) is 1.67. The second-order valence-corrected chi connectivity index (χ2v) is 7.34. The van der Waals surface area contributed by atoms with Crippen LogP contribution in [0.5, 0.6) is 5.75 Å². The molecule has 0 amide bonds. The smallest absolute Gasteiger partial charge is 0.145 e. The van der Waals surface area contributed by atoms with Crippen molar-refractivity contribution in [3.8, 4) is 5.75 Å². The van der Waals surface area contributed by atoms with Crippen molar-refractivity contribution in [3.63, 3.8) is 0 Å². The standard InChI is InChI=1S/C19H21Cl2NO2/c1-19(2,3)18(23-4)17(10-13-6-5-9-22-12-13)24-16-8-7-14(20)11-15(16)21/h5-12,18H,1-4H3. The maximum Gasteiger partial charge on any atom is 0.145 e. The maximum atomic E-state index is 6.25. The van der Waals surface area contributed by atoms with Crippen molar-refractivity contribution in [3.05, 3.63) is 64.1 Å². The van der Waals surface area contributed by atoms with Gasteiger partial charge in [-0.25, -0.2) is 0 Å². The highest BCUT2D eigenvalue weighted by Gasteiger charge is 2.30. The van der Waals surface area contributed by atoms with Gasteiger partial charge in [0.25, 0.3) is 0 Å². The fourth-order valence-corrected chi connectivity index (χ4v) is 2.81. The van der Waals surface area contributed by atoms with Crippen molar-refractivity contribution in [2.45, 2.75) is 26.9 Å². The normalized spacial score (nSPS) is 13.7. The van der Waals surface area contributed by atoms with Gasteiger partial charge in [-0.05, 0) is 41.3 Å². The molecule has 1 aromatic heterocycles. The van der Waals surface area contributed by atoms with Gasteiger partial charge in [0.1, 0.15) is 17.6 Å². The number of aromatic nitrogens is 1. The monoisotopic (exact) mass is 365 g/mol. The fraction of sp³-hybridized carbons (Fsp3) is 0.316. The Morgan fingerprint density at radius 1 is 1.21 bits per heavy atom. The number of benzene rings is 1. The molecule has 0 N–H and O–H groups in total.